The van der Waals surface area contributed by atoms with Gasteiger partial charge in [-0.1, -0.05) is 6.07 Å². The molecule has 1 aromatic heterocycles. The lowest BCUT2D eigenvalue weighted by atomic mass is 10.2. The minimum absolute atomic E-state index is 0.133. The van der Waals surface area contributed by atoms with E-state index in [2.05, 4.69) is 10.2 Å². The molecule has 6 nitrogen and oxygen atoms in total. The first-order valence-corrected chi connectivity index (χ1v) is 11.4. The summed E-state index contributed by atoms with van der Waals surface area (Å²) in [6.07, 6.45) is 3.48. The summed E-state index contributed by atoms with van der Waals surface area (Å²) < 4.78 is 26.6. The standard InChI is InChI=1S/C19H25N3O3S2/c1-21(27(24,25)18-6-4-15-26-18)17-9-7-16(8-10-17)19(23)20-11-5-14-22-12-2-3-13-22/h4,6-10,15H,2-3,5,11-14H2,1H3,(H,20,23). The Labute approximate surface area is 164 Å². The van der Waals surface area contributed by atoms with Crippen molar-refractivity contribution in [2.75, 3.05) is 37.5 Å². The van der Waals surface area contributed by atoms with E-state index in [9.17, 15) is 13.2 Å². The molecule has 1 saturated heterocycles. The molecular formula is C19H25N3O3S2. The van der Waals surface area contributed by atoms with Gasteiger partial charge in [-0.05, 0) is 74.6 Å². The molecule has 2 heterocycles. The predicted octanol–water partition coefficient (Wildman–Crippen LogP) is 2.79. The van der Waals surface area contributed by atoms with Crippen molar-refractivity contribution >= 4 is 33.0 Å². The number of nitrogens with zero attached hydrogens (tertiary/aromatic N) is 2. The van der Waals surface area contributed by atoms with Crippen molar-refractivity contribution in [3.05, 3.63) is 47.3 Å². The molecular weight excluding hydrogens is 382 g/mol. The highest BCUT2D eigenvalue weighted by molar-refractivity contribution is 7.94. The van der Waals surface area contributed by atoms with Crippen LogP contribution in [-0.4, -0.2) is 52.5 Å². The van der Waals surface area contributed by atoms with Crippen LogP contribution in [0.2, 0.25) is 0 Å². The number of likely N-dealkylation sites (tertiary alicyclic amines) is 1. The van der Waals surface area contributed by atoms with Crippen molar-refractivity contribution in [3.63, 3.8) is 0 Å². The summed E-state index contributed by atoms with van der Waals surface area (Å²) >= 11 is 1.18. The van der Waals surface area contributed by atoms with Crippen LogP contribution in [0.15, 0.2) is 46.0 Å². The number of amides is 1. The van der Waals surface area contributed by atoms with Gasteiger partial charge in [0.15, 0.2) is 0 Å². The summed E-state index contributed by atoms with van der Waals surface area (Å²) in [4.78, 5) is 14.7. The quantitative estimate of drug-likeness (QED) is 0.683. The Kier molecular flexibility index (Phi) is 6.51. The van der Waals surface area contributed by atoms with Gasteiger partial charge in [0.25, 0.3) is 15.9 Å². The third-order valence-electron chi connectivity index (χ3n) is 4.74. The fourth-order valence-corrected chi connectivity index (χ4v) is 5.48. The van der Waals surface area contributed by atoms with E-state index in [4.69, 9.17) is 0 Å². The zero-order valence-corrected chi connectivity index (χ0v) is 17.1. The molecule has 146 valence electrons. The van der Waals surface area contributed by atoms with Crippen LogP contribution in [0, 0.1) is 0 Å². The molecule has 1 N–H and O–H groups in total. The number of anilines is 1. The second kappa shape index (κ2) is 8.86. The number of thiophene rings is 1. The molecule has 1 aliphatic heterocycles. The summed E-state index contributed by atoms with van der Waals surface area (Å²) in [6, 6.07) is 9.93. The largest absolute Gasteiger partial charge is 0.352 e. The molecule has 0 spiro atoms. The van der Waals surface area contributed by atoms with Gasteiger partial charge in [0, 0.05) is 19.2 Å². The van der Waals surface area contributed by atoms with Crippen molar-refractivity contribution in [1.82, 2.24) is 10.2 Å². The average molecular weight is 408 g/mol. The van der Waals surface area contributed by atoms with Gasteiger partial charge in [0.05, 0.1) is 5.69 Å². The summed E-state index contributed by atoms with van der Waals surface area (Å²) in [7, 11) is -2.04. The molecule has 0 unspecified atom stereocenters. The van der Waals surface area contributed by atoms with Crippen LogP contribution in [0.1, 0.15) is 29.6 Å². The minimum atomic E-state index is -3.56. The molecule has 1 aliphatic rings. The zero-order chi connectivity index (χ0) is 19.3. The zero-order valence-electron chi connectivity index (χ0n) is 15.4. The van der Waals surface area contributed by atoms with E-state index in [1.54, 1.807) is 41.8 Å². The Morgan fingerprint density at radius 3 is 2.52 bits per heavy atom. The van der Waals surface area contributed by atoms with Crippen LogP contribution in [0.4, 0.5) is 5.69 Å². The SMILES string of the molecule is CN(c1ccc(C(=O)NCCCN2CCCC2)cc1)S(=O)(=O)c1cccs1. The van der Waals surface area contributed by atoms with Crippen molar-refractivity contribution in [3.8, 4) is 0 Å². The summed E-state index contributed by atoms with van der Waals surface area (Å²) in [5.41, 5.74) is 1.05. The van der Waals surface area contributed by atoms with E-state index in [1.807, 2.05) is 0 Å². The molecule has 0 aliphatic carbocycles. The second-order valence-electron chi connectivity index (χ2n) is 6.61. The molecule has 27 heavy (non-hydrogen) atoms. The highest BCUT2D eigenvalue weighted by atomic mass is 32.2. The van der Waals surface area contributed by atoms with Gasteiger partial charge in [-0.25, -0.2) is 8.42 Å². The topological polar surface area (TPSA) is 69.7 Å². The van der Waals surface area contributed by atoms with E-state index in [-0.39, 0.29) is 5.91 Å². The van der Waals surface area contributed by atoms with Crippen molar-refractivity contribution in [2.24, 2.45) is 0 Å². The first-order valence-electron chi connectivity index (χ1n) is 9.11. The van der Waals surface area contributed by atoms with Crippen molar-refractivity contribution in [1.29, 1.82) is 0 Å². The summed E-state index contributed by atoms with van der Waals surface area (Å²) in [6.45, 7) is 3.99. The molecule has 1 aromatic carbocycles. The minimum Gasteiger partial charge on any atom is -0.352 e. The molecule has 0 saturated carbocycles. The van der Waals surface area contributed by atoms with Crippen LogP contribution >= 0.6 is 11.3 Å². The Morgan fingerprint density at radius 1 is 1.19 bits per heavy atom. The maximum atomic E-state index is 12.5. The van der Waals surface area contributed by atoms with Gasteiger partial charge >= 0.3 is 0 Å². The number of nitrogens with one attached hydrogen (secondary N) is 1. The highest BCUT2D eigenvalue weighted by Crippen LogP contribution is 2.25. The lowest BCUT2D eigenvalue weighted by Gasteiger charge is -2.18. The average Bonchev–Trinajstić information content (AvgIpc) is 3.38. The molecule has 8 heteroatoms. The third-order valence-corrected chi connectivity index (χ3v) is 7.90. The Balaban J connectivity index is 1.54. The fraction of sp³-hybridized carbons (Fsp3) is 0.421. The van der Waals surface area contributed by atoms with Crippen LogP contribution in [0.5, 0.6) is 0 Å². The molecule has 0 bridgehead atoms. The maximum Gasteiger partial charge on any atom is 0.273 e. The predicted molar refractivity (Wildman–Crippen MR) is 109 cm³/mol. The van der Waals surface area contributed by atoms with Crippen LogP contribution in [0.3, 0.4) is 0 Å². The van der Waals surface area contributed by atoms with Crippen LogP contribution in [-0.2, 0) is 10.0 Å². The van der Waals surface area contributed by atoms with Gasteiger partial charge in [0.2, 0.25) is 0 Å². The lowest BCUT2D eigenvalue weighted by Crippen LogP contribution is -2.29. The monoisotopic (exact) mass is 407 g/mol. The van der Waals surface area contributed by atoms with E-state index >= 15 is 0 Å². The van der Waals surface area contributed by atoms with E-state index < -0.39 is 10.0 Å². The molecule has 0 atom stereocenters. The smallest absolute Gasteiger partial charge is 0.273 e. The van der Waals surface area contributed by atoms with Crippen molar-refractivity contribution in [2.45, 2.75) is 23.5 Å². The number of rotatable bonds is 8. The number of sulfonamides is 1. The maximum absolute atomic E-state index is 12.5. The van der Waals surface area contributed by atoms with E-state index in [0.717, 1.165) is 26.1 Å². The van der Waals surface area contributed by atoms with Crippen molar-refractivity contribution < 1.29 is 13.2 Å². The highest BCUT2D eigenvalue weighted by Gasteiger charge is 2.22. The van der Waals surface area contributed by atoms with E-state index in [0.29, 0.717) is 22.0 Å². The van der Waals surface area contributed by atoms with Gasteiger partial charge in [-0.3, -0.25) is 9.10 Å². The fourth-order valence-electron chi connectivity index (χ4n) is 3.12. The number of hydrogen-bond donors (Lipinski definition) is 1. The number of benzene rings is 1. The number of carbonyl (C=O) groups excluding carboxylic acids is 1. The normalized spacial score (nSPS) is 15.0. The third kappa shape index (κ3) is 4.88. The van der Waals surface area contributed by atoms with E-state index in [1.165, 1.54) is 35.5 Å². The van der Waals surface area contributed by atoms with Gasteiger partial charge in [0.1, 0.15) is 4.21 Å². The molecule has 2 aromatic rings. The van der Waals surface area contributed by atoms with Gasteiger partial charge in [-0.15, -0.1) is 11.3 Å². The first kappa shape index (κ1) is 19.9. The van der Waals surface area contributed by atoms with Gasteiger partial charge < -0.3 is 10.2 Å². The second-order valence-corrected chi connectivity index (χ2v) is 9.75. The molecule has 1 fully saturated rings. The molecule has 1 amide bonds. The Hall–Kier alpha value is -1.90. The Morgan fingerprint density at radius 2 is 1.89 bits per heavy atom. The first-order chi connectivity index (χ1) is 13.0. The van der Waals surface area contributed by atoms with Crippen LogP contribution in [0.25, 0.3) is 0 Å². The van der Waals surface area contributed by atoms with Crippen LogP contribution < -0.4 is 9.62 Å². The van der Waals surface area contributed by atoms with Gasteiger partial charge in [-0.2, -0.15) is 0 Å². The molecule has 3 rings (SSSR count). The molecule has 0 radical (unpaired) electrons. The summed E-state index contributed by atoms with van der Waals surface area (Å²) in [5.74, 6) is -0.133. The number of carbonyl (C=O) groups is 1. The number of hydrogen-bond acceptors (Lipinski definition) is 5. The Bertz CT molecular complexity index is 843. The summed E-state index contributed by atoms with van der Waals surface area (Å²) in [5, 5.41) is 4.66. The lowest BCUT2D eigenvalue weighted by molar-refractivity contribution is 0.0952.